The average molecular weight is 296 g/mol. The van der Waals surface area contributed by atoms with Crippen LogP contribution in [0.3, 0.4) is 0 Å². The third-order valence-corrected chi connectivity index (χ3v) is 3.48. The van der Waals surface area contributed by atoms with Gasteiger partial charge in [-0.2, -0.15) is 5.10 Å². The highest BCUT2D eigenvalue weighted by atomic mass is 16.5. The second kappa shape index (κ2) is 6.05. The van der Waals surface area contributed by atoms with E-state index >= 15 is 0 Å². The molecule has 0 unspecified atom stereocenters. The zero-order chi connectivity index (χ0) is 15.5. The van der Waals surface area contributed by atoms with Crippen molar-refractivity contribution in [2.45, 2.75) is 27.3 Å². The quantitative estimate of drug-likeness (QED) is 0.784. The van der Waals surface area contributed by atoms with E-state index in [0.717, 1.165) is 28.3 Å². The minimum atomic E-state index is 0.659. The number of rotatable bonds is 5. The van der Waals surface area contributed by atoms with Crippen molar-refractivity contribution in [2.24, 2.45) is 0 Å². The molecule has 0 amide bonds. The summed E-state index contributed by atoms with van der Waals surface area (Å²) in [7, 11) is 0. The number of anilines is 1. The van der Waals surface area contributed by atoms with Crippen molar-refractivity contribution in [3.05, 3.63) is 53.5 Å². The van der Waals surface area contributed by atoms with Crippen LogP contribution < -0.4 is 10.1 Å². The van der Waals surface area contributed by atoms with Gasteiger partial charge in [0.15, 0.2) is 5.82 Å². The first-order chi connectivity index (χ1) is 10.7. The van der Waals surface area contributed by atoms with Crippen LogP contribution in [0.15, 0.2) is 36.7 Å². The van der Waals surface area contributed by atoms with Crippen LogP contribution in [0.2, 0.25) is 0 Å². The number of nitrogens with one attached hydrogen (secondary N) is 1. The van der Waals surface area contributed by atoms with Crippen LogP contribution in [0.1, 0.15) is 23.7 Å². The zero-order valence-electron chi connectivity index (χ0n) is 13.1. The first-order valence-corrected chi connectivity index (χ1v) is 7.44. The maximum atomic E-state index is 5.72. The molecule has 0 atom stereocenters. The van der Waals surface area contributed by atoms with Crippen LogP contribution in [-0.2, 0) is 6.54 Å². The molecule has 0 saturated heterocycles. The zero-order valence-corrected chi connectivity index (χ0v) is 13.1. The molecule has 22 heavy (non-hydrogen) atoms. The topological polar surface area (TPSA) is 51.5 Å². The maximum absolute atomic E-state index is 5.72. The van der Waals surface area contributed by atoms with E-state index in [1.54, 1.807) is 6.20 Å². The summed E-state index contributed by atoms with van der Waals surface area (Å²) < 4.78 is 7.56. The lowest BCUT2D eigenvalue weighted by atomic mass is 10.1. The van der Waals surface area contributed by atoms with E-state index in [2.05, 4.69) is 40.5 Å². The number of fused-ring (bicyclic) bond motifs is 1. The van der Waals surface area contributed by atoms with Crippen molar-refractivity contribution in [3.63, 3.8) is 0 Å². The fourth-order valence-electron chi connectivity index (χ4n) is 2.46. The number of nitrogens with zero attached hydrogens (tertiary/aromatic N) is 3. The van der Waals surface area contributed by atoms with Crippen LogP contribution in [0.5, 0.6) is 5.75 Å². The van der Waals surface area contributed by atoms with Crippen LogP contribution in [0.4, 0.5) is 5.82 Å². The summed E-state index contributed by atoms with van der Waals surface area (Å²) in [6.07, 6.45) is 3.60. The summed E-state index contributed by atoms with van der Waals surface area (Å²) in [5, 5.41) is 7.78. The van der Waals surface area contributed by atoms with Gasteiger partial charge >= 0.3 is 0 Å². The first kappa shape index (κ1) is 14.4. The van der Waals surface area contributed by atoms with Crippen LogP contribution >= 0.6 is 0 Å². The van der Waals surface area contributed by atoms with Gasteiger partial charge in [-0.05, 0) is 38.5 Å². The van der Waals surface area contributed by atoms with Gasteiger partial charge in [-0.1, -0.05) is 12.1 Å². The van der Waals surface area contributed by atoms with Gasteiger partial charge in [0.2, 0.25) is 0 Å². The molecular weight excluding hydrogens is 276 g/mol. The van der Waals surface area contributed by atoms with Crippen LogP contribution in [0.25, 0.3) is 5.52 Å². The fraction of sp³-hybridized carbons (Fsp3) is 0.294. The number of ether oxygens (including phenoxy) is 1. The van der Waals surface area contributed by atoms with Gasteiger partial charge in [-0.3, -0.25) is 0 Å². The molecule has 5 nitrogen and oxygen atoms in total. The van der Waals surface area contributed by atoms with E-state index < -0.39 is 0 Å². The van der Waals surface area contributed by atoms with E-state index in [1.807, 2.05) is 30.6 Å². The lowest BCUT2D eigenvalue weighted by molar-refractivity contribution is 0.336. The van der Waals surface area contributed by atoms with Gasteiger partial charge in [0, 0.05) is 24.5 Å². The van der Waals surface area contributed by atoms with Crippen molar-refractivity contribution < 1.29 is 4.74 Å². The Morgan fingerprint density at radius 1 is 1.23 bits per heavy atom. The molecule has 0 aliphatic rings. The Kier molecular flexibility index (Phi) is 3.96. The van der Waals surface area contributed by atoms with Crippen molar-refractivity contribution in [3.8, 4) is 5.75 Å². The average Bonchev–Trinajstić information content (AvgIpc) is 2.87. The van der Waals surface area contributed by atoms with Gasteiger partial charge < -0.3 is 10.1 Å². The molecular formula is C17H20N4O. The molecule has 5 heteroatoms. The smallest absolute Gasteiger partial charge is 0.152 e. The van der Waals surface area contributed by atoms with Gasteiger partial charge in [0.25, 0.3) is 0 Å². The van der Waals surface area contributed by atoms with Gasteiger partial charge in [0.1, 0.15) is 11.3 Å². The molecule has 0 aliphatic heterocycles. The van der Waals surface area contributed by atoms with Gasteiger partial charge in [0.05, 0.1) is 12.3 Å². The number of benzene rings is 1. The lowest BCUT2D eigenvalue weighted by Crippen LogP contribution is -2.06. The molecule has 114 valence electrons. The second-order valence-corrected chi connectivity index (χ2v) is 5.29. The lowest BCUT2D eigenvalue weighted by Gasteiger charge is -2.12. The summed E-state index contributed by atoms with van der Waals surface area (Å²) in [6.45, 7) is 7.36. The predicted octanol–water partition coefficient (Wildman–Crippen LogP) is 3.36. The van der Waals surface area contributed by atoms with Crippen molar-refractivity contribution in [1.29, 1.82) is 0 Å². The van der Waals surface area contributed by atoms with E-state index in [9.17, 15) is 0 Å². The second-order valence-electron chi connectivity index (χ2n) is 5.29. The molecule has 1 N–H and O–H groups in total. The van der Waals surface area contributed by atoms with Crippen LogP contribution in [-0.4, -0.2) is 21.2 Å². The molecule has 3 aromatic rings. The molecule has 0 spiro atoms. The Morgan fingerprint density at radius 2 is 2.09 bits per heavy atom. The normalized spacial score (nSPS) is 10.9. The molecule has 0 fully saturated rings. The Morgan fingerprint density at radius 3 is 2.91 bits per heavy atom. The van der Waals surface area contributed by atoms with Crippen molar-refractivity contribution >= 4 is 11.3 Å². The molecule has 0 bridgehead atoms. The predicted molar refractivity (Wildman–Crippen MR) is 87.4 cm³/mol. The third kappa shape index (κ3) is 2.88. The maximum Gasteiger partial charge on any atom is 0.152 e. The summed E-state index contributed by atoms with van der Waals surface area (Å²) in [4.78, 5) is 4.42. The van der Waals surface area contributed by atoms with E-state index in [-0.39, 0.29) is 0 Å². The summed E-state index contributed by atoms with van der Waals surface area (Å²) >= 11 is 0. The molecule has 1 aromatic carbocycles. The fourth-order valence-corrected chi connectivity index (χ4v) is 2.46. The number of hydrogen-bond acceptors (Lipinski definition) is 4. The molecule has 0 radical (unpaired) electrons. The molecule has 2 heterocycles. The highest BCUT2D eigenvalue weighted by molar-refractivity contribution is 5.67. The third-order valence-electron chi connectivity index (χ3n) is 3.48. The standard InChI is InChI=1S/C17H20N4O/c1-4-22-16-9-12(2)5-6-14(16)11-19-17-15-10-13(3)20-21(15)8-7-18-17/h5-10H,4,11H2,1-3H3,(H,18,19). The minimum Gasteiger partial charge on any atom is -0.494 e. The van der Waals surface area contributed by atoms with E-state index in [4.69, 9.17) is 4.74 Å². The summed E-state index contributed by atoms with van der Waals surface area (Å²) in [6, 6.07) is 8.27. The van der Waals surface area contributed by atoms with Crippen molar-refractivity contribution in [1.82, 2.24) is 14.6 Å². The summed E-state index contributed by atoms with van der Waals surface area (Å²) in [5.41, 5.74) is 4.26. The monoisotopic (exact) mass is 296 g/mol. The van der Waals surface area contributed by atoms with Crippen molar-refractivity contribution in [2.75, 3.05) is 11.9 Å². The highest BCUT2D eigenvalue weighted by Crippen LogP contribution is 2.22. The van der Waals surface area contributed by atoms with E-state index in [0.29, 0.717) is 13.2 Å². The van der Waals surface area contributed by atoms with Gasteiger partial charge in [-0.25, -0.2) is 9.50 Å². The van der Waals surface area contributed by atoms with Crippen LogP contribution in [0, 0.1) is 13.8 Å². The Hall–Kier alpha value is -2.56. The Labute approximate surface area is 130 Å². The Bertz CT molecular complexity index is 794. The minimum absolute atomic E-state index is 0.659. The number of hydrogen-bond donors (Lipinski definition) is 1. The first-order valence-electron chi connectivity index (χ1n) is 7.44. The molecule has 2 aromatic heterocycles. The van der Waals surface area contributed by atoms with E-state index in [1.165, 1.54) is 5.56 Å². The number of aromatic nitrogens is 3. The molecule has 3 rings (SSSR count). The SMILES string of the molecule is CCOc1cc(C)ccc1CNc1nccn2nc(C)cc12. The Balaban J connectivity index is 1.85. The number of aryl methyl sites for hydroxylation is 2. The molecule has 0 saturated carbocycles. The highest BCUT2D eigenvalue weighted by Gasteiger charge is 2.08. The van der Waals surface area contributed by atoms with Gasteiger partial charge in [-0.15, -0.1) is 0 Å². The molecule has 0 aliphatic carbocycles. The largest absolute Gasteiger partial charge is 0.494 e. The summed E-state index contributed by atoms with van der Waals surface area (Å²) in [5.74, 6) is 1.75.